The molecular weight excluding hydrogens is 448 g/mol. The number of nitro groups is 1. The fourth-order valence-corrected chi connectivity index (χ4v) is 4.77. The van der Waals surface area contributed by atoms with Crippen LogP contribution in [-0.2, 0) is 14.8 Å². The molecule has 12 nitrogen and oxygen atoms in total. The molecule has 14 heteroatoms. The van der Waals surface area contributed by atoms with Gasteiger partial charge in [-0.1, -0.05) is 18.3 Å². The summed E-state index contributed by atoms with van der Waals surface area (Å²) in [5, 5.41) is 12.5. The first-order valence-corrected chi connectivity index (χ1v) is 10.8. The summed E-state index contributed by atoms with van der Waals surface area (Å²) in [5.41, 5.74) is 0.400. The number of thiocarbonyl (C=S) groups is 1. The molecule has 2 heterocycles. The molecule has 0 saturated carbocycles. The summed E-state index contributed by atoms with van der Waals surface area (Å²) in [7, 11) is -0.0241. The first kappa shape index (κ1) is 22.6. The molecule has 0 radical (unpaired) electrons. The molecule has 31 heavy (non-hydrogen) atoms. The van der Waals surface area contributed by atoms with Crippen molar-refractivity contribution in [2.75, 3.05) is 32.6 Å². The minimum Gasteiger partial charge on any atom is -0.452 e. The summed E-state index contributed by atoms with van der Waals surface area (Å²) >= 11 is 5.26. The number of aliphatic imine (C=N–C) groups is 1. The zero-order valence-electron chi connectivity index (χ0n) is 17.4. The molecule has 0 saturated heterocycles. The molecule has 2 aliphatic heterocycles. The summed E-state index contributed by atoms with van der Waals surface area (Å²) < 4.78 is 33.5. The van der Waals surface area contributed by atoms with E-state index in [9.17, 15) is 23.3 Å². The van der Waals surface area contributed by atoms with Gasteiger partial charge < -0.3 is 4.74 Å². The molecule has 2 aliphatic rings. The van der Waals surface area contributed by atoms with Crippen molar-refractivity contribution in [3.05, 3.63) is 45.3 Å². The fraction of sp³-hybridized carbons (Fsp3) is 0.353. The van der Waals surface area contributed by atoms with Crippen molar-refractivity contribution in [3.63, 3.8) is 0 Å². The van der Waals surface area contributed by atoms with Crippen molar-refractivity contribution in [2.45, 2.75) is 13.8 Å². The molecule has 1 N–H and O–H groups in total. The van der Waals surface area contributed by atoms with Crippen LogP contribution in [0.5, 0.6) is 0 Å². The molecule has 0 aromatic heterocycles. The number of likely N-dealkylation sites (N-methyl/N-ethyl adjacent to an activating group) is 1. The summed E-state index contributed by atoms with van der Waals surface area (Å²) in [6.45, 7) is 3.09. The van der Waals surface area contributed by atoms with Crippen LogP contribution in [0.4, 0.5) is 16.2 Å². The van der Waals surface area contributed by atoms with Crippen molar-refractivity contribution in [3.8, 4) is 0 Å². The highest BCUT2D eigenvalue weighted by molar-refractivity contribution is 8.07. The Bertz CT molecular complexity index is 1180. The van der Waals surface area contributed by atoms with Crippen LogP contribution < -0.4 is 4.72 Å². The van der Waals surface area contributed by atoms with Crippen LogP contribution in [0.3, 0.4) is 0 Å². The van der Waals surface area contributed by atoms with Gasteiger partial charge in [0.25, 0.3) is 26.7 Å². The van der Waals surface area contributed by atoms with Gasteiger partial charge in [-0.3, -0.25) is 14.8 Å². The van der Waals surface area contributed by atoms with E-state index in [1.807, 2.05) is 0 Å². The summed E-state index contributed by atoms with van der Waals surface area (Å²) in [5.74, 6) is 0.295. The smallest absolute Gasteiger partial charge is 0.420 e. The monoisotopic (exact) mass is 469 g/mol. The Labute approximate surface area is 184 Å². The molecule has 0 spiro atoms. The van der Waals surface area contributed by atoms with Gasteiger partial charge in [0.05, 0.1) is 32.2 Å². The number of amidine groups is 1. The highest BCUT2D eigenvalue weighted by Crippen LogP contribution is 2.35. The van der Waals surface area contributed by atoms with Crippen LogP contribution in [0, 0.1) is 24.0 Å². The first-order chi connectivity index (χ1) is 14.3. The van der Waals surface area contributed by atoms with Crippen LogP contribution >= 0.6 is 12.2 Å². The number of ether oxygens (including phenoxy) is 1. The number of rotatable bonds is 3. The number of methoxy groups -OCH3 is 1. The predicted octanol–water partition coefficient (Wildman–Crippen LogP) is 1.82. The van der Waals surface area contributed by atoms with Crippen molar-refractivity contribution >= 4 is 49.9 Å². The minimum absolute atomic E-state index is 0.0728. The second-order valence-corrected chi connectivity index (χ2v) is 9.20. The van der Waals surface area contributed by atoms with Crippen LogP contribution in [0.2, 0.25) is 0 Å². The number of benzene rings is 1. The van der Waals surface area contributed by atoms with E-state index in [4.69, 9.17) is 17.0 Å². The maximum atomic E-state index is 13.3. The maximum absolute atomic E-state index is 13.3. The minimum atomic E-state index is -4.53. The number of hydrogen-bond acceptors (Lipinski definition) is 8. The van der Waals surface area contributed by atoms with Crippen molar-refractivity contribution in [1.29, 1.82) is 0 Å². The van der Waals surface area contributed by atoms with Crippen LogP contribution in [0.25, 0.3) is 0 Å². The van der Waals surface area contributed by atoms with E-state index in [1.165, 1.54) is 18.2 Å². The average Bonchev–Trinajstić information content (AvgIpc) is 2.92. The Morgan fingerprint density at radius 1 is 1.39 bits per heavy atom. The van der Waals surface area contributed by atoms with Gasteiger partial charge in [-0.25, -0.2) is 9.80 Å². The maximum Gasteiger partial charge on any atom is 0.420 e. The molecule has 1 aromatic carbocycles. The Balaban J connectivity index is 2.15. The number of sulfonamides is 1. The lowest BCUT2D eigenvalue weighted by atomic mass is 10.1. The molecule has 166 valence electrons. The third-order valence-electron chi connectivity index (χ3n) is 5.37. The van der Waals surface area contributed by atoms with Crippen LogP contribution in [0.15, 0.2) is 29.0 Å². The molecule has 0 aliphatic carbocycles. The third kappa shape index (κ3) is 3.62. The Kier molecular flexibility index (Phi) is 5.50. The third-order valence-corrected chi connectivity index (χ3v) is 7.01. The standard InChI is InChI=1S/C17H21N6O6S2/c1-10-6-7-12(22(25)26)15(11(10)2)19-31(27,28)16-18-13-8-14(30)20(3)23(13,4)9-21(16)17(24)29-5/h6-8,19H,9H2,1-5H3/q+1. The molecular formula is C17H21N6O6S2+. The fourth-order valence-electron chi connectivity index (χ4n) is 3.23. The Morgan fingerprint density at radius 3 is 2.61 bits per heavy atom. The van der Waals surface area contributed by atoms with Gasteiger partial charge in [0.2, 0.25) is 0 Å². The van der Waals surface area contributed by atoms with E-state index in [-0.39, 0.29) is 16.9 Å². The van der Waals surface area contributed by atoms with E-state index in [0.717, 1.165) is 12.0 Å². The zero-order valence-corrected chi connectivity index (χ0v) is 19.1. The van der Waals surface area contributed by atoms with Gasteiger partial charge in [0, 0.05) is 6.07 Å². The second-order valence-electron chi connectivity index (χ2n) is 7.20. The average molecular weight is 470 g/mol. The zero-order chi connectivity index (χ0) is 23.3. The predicted molar refractivity (Wildman–Crippen MR) is 116 cm³/mol. The molecule has 3 rings (SSSR count). The molecule has 0 bridgehead atoms. The number of hydrogen-bond donors (Lipinski definition) is 1. The Hall–Kier alpha value is -3.10. The van der Waals surface area contributed by atoms with E-state index >= 15 is 0 Å². The topological polar surface area (TPSA) is 134 Å². The van der Waals surface area contributed by atoms with Gasteiger partial charge in [0.15, 0.2) is 11.7 Å². The number of nitrogens with zero attached hydrogens (tertiary/aromatic N) is 5. The van der Waals surface area contributed by atoms with Crippen molar-refractivity contribution in [1.82, 2.24) is 9.91 Å². The lowest BCUT2D eigenvalue weighted by molar-refractivity contribution is -0.973. The van der Waals surface area contributed by atoms with E-state index in [0.29, 0.717) is 21.9 Å². The summed E-state index contributed by atoms with van der Waals surface area (Å²) in [4.78, 5) is 28.6. The molecule has 1 amide bonds. The van der Waals surface area contributed by atoms with E-state index < -0.39 is 31.9 Å². The van der Waals surface area contributed by atoms with Crippen LogP contribution in [0.1, 0.15) is 11.1 Å². The number of carbonyl (C=O) groups is 1. The quantitative estimate of drug-likeness (QED) is 0.307. The lowest BCUT2D eigenvalue weighted by Gasteiger charge is -2.41. The number of fused-ring (bicyclic) bond motifs is 1. The van der Waals surface area contributed by atoms with Crippen LogP contribution in [-0.4, -0.2) is 72.0 Å². The largest absolute Gasteiger partial charge is 0.452 e. The molecule has 1 atom stereocenters. The van der Waals surface area contributed by atoms with Gasteiger partial charge >= 0.3 is 6.09 Å². The number of amides is 1. The lowest BCUT2D eigenvalue weighted by Crippen LogP contribution is -2.63. The van der Waals surface area contributed by atoms with E-state index in [2.05, 4.69) is 9.71 Å². The number of carbonyl (C=O) groups excluding carboxylic acids is 1. The SMILES string of the molecule is COC(=O)N1C[N+]2(C)C(=CC(=S)N2C)N=C1S(=O)(=O)Nc1c([N+](=O)[O-])ccc(C)c1C. The highest BCUT2D eigenvalue weighted by atomic mass is 32.2. The number of nitrogens with one attached hydrogen (secondary N) is 1. The normalized spacial score (nSPS) is 20.7. The van der Waals surface area contributed by atoms with Gasteiger partial charge in [0.1, 0.15) is 5.69 Å². The first-order valence-electron chi connectivity index (χ1n) is 8.91. The summed E-state index contributed by atoms with van der Waals surface area (Å²) in [6.07, 6.45) is 0.573. The Morgan fingerprint density at radius 2 is 2.03 bits per heavy atom. The van der Waals surface area contributed by atoms with E-state index in [1.54, 1.807) is 33.0 Å². The van der Waals surface area contributed by atoms with Gasteiger partial charge in [-0.2, -0.15) is 22.9 Å². The van der Waals surface area contributed by atoms with Gasteiger partial charge in [-0.05, 0) is 25.0 Å². The van der Waals surface area contributed by atoms with Gasteiger partial charge in [-0.15, -0.1) is 0 Å². The van der Waals surface area contributed by atoms with Crippen molar-refractivity contribution < 1.29 is 27.5 Å². The number of aryl methyl sites for hydroxylation is 1. The molecule has 1 unspecified atom stereocenters. The molecule has 1 aromatic rings. The molecule has 0 fully saturated rings. The highest BCUT2D eigenvalue weighted by Gasteiger charge is 2.51. The number of anilines is 1. The number of quaternary nitrogens is 1. The summed E-state index contributed by atoms with van der Waals surface area (Å²) in [6, 6.07) is 2.73. The second kappa shape index (κ2) is 7.55. The van der Waals surface area contributed by atoms with Crippen molar-refractivity contribution in [2.24, 2.45) is 4.99 Å². The number of nitro benzene ring substituents is 1.